The monoisotopic (exact) mass is 355 g/mol. The number of urea groups is 1. The summed E-state index contributed by atoms with van der Waals surface area (Å²) in [5, 5.41) is 11.6. The molecule has 0 aromatic heterocycles. The van der Waals surface area contributed by atoms with E-state index in [2.05, 4.69) is 5.32 Å². The van der Waals surface area contributed by atoms with Crippen LogP contribution >= 0.6 is 0 Å². The van der Waals surface area contributed by atoms with Gasteiger partial charge in [0.25, 0.3) is 0 Å². The number of likely N-dealkylation sites (N-methyl/N-ethyl adjacent to an activating group) is 1. The zero-order chi connectivity index (χ0) is 17.9. The molecule has 0 spiro atoms. The fraction of sp³-hybridized carbons (Fsp3) is 0.467. The largest absolute Gasteiger partial charge is 0.478 e. The number of carbonyl (C=O) groups is 2. The third-order valence-electron chi connectivity index (χ3n) is 4.11. The number of nitrogens with one attached hydrogen (secondary N) is 1. The van der Waals surface area contributed by atoms with Crippen LogP contribution in [0.25, 0.3) is 0 Å². The van der Waals surface area contributed by atoms with Gasteiger partial charge in [-0.05, 0) is 24.1 Å². The quantitative estimate of drug-likeness (QED) is 0.802. The van der Waals surface area contributed by atoms with Gasteiger partial charge in [0.2, 0.25) is 10.0 Å². The van der Waals surface area contributed by atoms with Gasteiger partial charge < -0.3 is 15.3 Å². The summed E-state index contributed by atoms with van der Waals surface area (Å²) in [6.07, 6.45) is 1.76. The van der Waals surface area contributed by atoms with Crippen LogP contribution < -0.4 is 5.32 Å². The molecule has 0 saturated carbocycles. The molecule has 2 rings (SSSR count). The lowest BCUT2D eigenvalue weighted by molar-refractivity contribution is 0.0697. The molecule has 0 bridgehead atoms. The van der Waals surface area contributed by atoms with Gasteiger partial charge in [0.15, 0.2) is 0 Å². The molecule has 1 aromatic rings. The lowest BCUT2D eigenvalue weighted by Crippen LogP contribution is -2.44. The maximum Gasteiger partial charge on any atom is 0.335 e. The summed E-state index contributed by atoms with van der Waals surface area (Å²) >= 11 is 0. The van der Waals surface area contributed by atoms with Crippen molar-refractivity contribution in [1.82, 2.24) is 14.5 Å². The SMILES string of the molecule is CN(C(=O)NCc1ccc(C(=O)O)cc1)C1CCN(S(C)(=O)=O)C1. The Kier molecular flexibility index (Phi) is 5.45. The molecule has 1 heterocycles. The minimum absolute atomic E-state index is 0.158. The van der Waals surface area contributed by atoms with E-state index in [1.54, 1.807) is 19.2 Å². The fourth-order valence-corrected chi connectivity index (χ4v) is 3.44. The van der Waals surface area contributed by atoms with Crippen molar-refractivity contribution in [3.05, 3.63) is 35.4 Å². The average molecular weight is 355 g/mol. The number of carboxylic acids is 1. The van der Waals surface area contributed by atoms with Gasteiger partial charge >= 0.3 is 12.0 Å². The number of aromatic carboxylic acids is 1. The number of rotatable bonds is 5. The van der Waals surface area contributed by atoms with Gasteiger partial charge in [0.1, 0.15) is 0 Å². The van der Waals surface area contributed by atoms with Crippen LogP contribution in [-0.4, -0.2) is 67.2 Å². The van der Waals surface area contributed by atoms with Crippen LogP contribution in [0.4, 0.5) is 4.79 Å². The second-order valence-electron chi connectivity index (χ2n) is 5.84. The van der Waals surface area contributed by atoms with Crippen LogP contribution in [0.3, 0.4) is 0 Å². The van der Waals surface area contributed by atoms with Crippen LogP contribution in [0, 0.1) is 0 Å². The number of benzene rings is 1. The molecule has 1 aliphatic heterocycles. The Bertz CT molecular complexity index is 717. The van der Waals surface area contributed by atoms with Crippen molar-refractivity contribution in [1.29, 1.82) is 0 Å². The predicted octanol–water partition coefficient (Wildman–Crippen LogP) is 0.560. The van der Waals surface area contributed by atoms with E-state index in [1.807, 2.05) is 0 Å². The summed E-state index contributed by atoms with van der Waals surface area (Å²) in [6.45, 7) is 0.986. The highest BCUT2D eigenvalue weighted by Crippen LogP contribution is 2.17. The Morgan fingerprint density at radius 1 is 1.33 bits per heavy atom. The van der Waals surface area contributed by atoms with E-state index in [0.717, 1.165) is 11.8 Å². The van der Waals surface area contributed by atoms with Crippen molar-refractivity contribution in [3.63, 3.8) is 0 Å². The summed E-state index contributed by atoms with van der Waals surface area (Å²) in [4.78, 5) is 24.5. The molecular formula is C15H21N3O5S. The maximum absolute atomic E-state index is 12.2. The number of carboxylic acid groups (broad SMARTS) is 1. The van der Waals surface area contributed by atoms with Gasteiger partial charge in [-0.2, -0.15) is 0 Å². The molecule has 1 atom stereocenters. The first-order valence-electron chi connectivity index (χ1n) is 7.46. The van der Waals surface area contributed by atoms with Crippen molar-refractivity contribution < 1.29 is 23.1 Å². The Labute approximate surface area is 141 Å². The first-order valence-corrected chi connectivity index (χ1v) is 9.31. The Morgan fingerprint density at radius 3 is 2.46 bits per heavy atom. The normalized spacial score (nSPS) is 18.3. The van der Waals surface area contributed by atoms with Crippen molar-refractivity contribution in [3.8, 4) is 0 Å². The second kappa shape index (κ2) is 7.18. The van der Waals surface area contributed by atoms with Crippen LogP contribution in [0.5, 0.6) is 0 Å². The number of carbonyl (C=O) groups excluding carboxylic acids is 1. The number of hydrogen-bond acceptors (Lipinski definition) is 4. The molecule has 1 aromatic carbocycles. The molecule has 1 saturated heterocycles. The number of amides is 2. The Hall–Kier alpha value is -2.13. The van der Waals surface area contributed by atoms with Crippen molar-refractivity contribution in [2.24, 2.45) is 0 Å². The van der Waals surface area contributed by atoms with Gasteiger partial charge in [-0.3, -0.25) is 0 Å². The standard InChI is InChI=1S/C15H21N3O5S/c1-17(13-7-8-18(10-13)24(2,22)23)15(21)16-9-11-3-5-12(6-4-11)14(19)20/h3-6,13H,7-10H2,1-2H3,(H,16,21)(H,19,20). The number of sulfonamides is 1. The predicted molar refractivity (Wildman–Crippen MR) is 88.2 cm³/mol. The van der Waals surface area contributed by atoms with Crippen molar-refractivity contribution in [2.75, 3.05) is 26.4 Å². The zero-order valence-electron chi connectivity index (χ0n) is 13.6. The molecule has 0 radical (unpaired) electrons. The third kappa shape index (κ3) is 4.45. The Morgan fingerprint density at radius 2 is 1.96 bits per heavy atom. The molecule has 132 valence electrons. The van der Waals surface area contributed by atoms with E-state index in [-0.39, 0.29) is 24.2 Å². The first-order chi connectivity index (χ1) is 11.2. The van der Waals surface area contributed by atoms with E-state index in [0.29, 0.717) is 19.5 Å². The molecule has 2 N–H and O–H groups in total. The van der Waals surface area contributed by atoms with E-state index in [1.165, 1.54) is 21.3 Å². The van der Waals surface area contributed by atoms with Gasteiger partial charge in [0.05, 0.1) is 11.8 Å². The minimum atomic E-state index is -3.23. The fourth-order valence-electron chi connectivity index (χ4n) is 2.56. The molecule has 1 unspecified atom stereocenters. The highest BCUT2D eigenvalue weighted by molar-refractivity contribution is 7.88. The molecular weight excluding hydrogens is 334 g/mol. The second-order valence-corrected chi connectivity index (χ2v) is 7.82. The minimum Gasteiger partial charge on any atom is -0.478 e. The molecule has 2 amide bonds. The first kappa shape index (κ1) is 18.2. The van der Waals surface area contributed by atoms with Crippen LogP contribution in [0.15, 0.2) is 24.3 Å². The topological polar surface area (TPSA) is 107 Å². The van der Waals surface area contributed by atoms with E-state index >= 15 is 0 Å². The highest BCUT2D eigenvalue weighted by atomic mass is 32.2. The zero-order valence-corrected chi connectivity index (χ0v) is 14.4. The molecule has 8 nitrogen and oxygen atoms in total. The molecule has 0 aliphatic carbocycles. The Balaban J connectivity index is 1.87. The van der Waals surface area contributed by atoms with Crippen molar-refractivity contribution >= 4 is 22.0 Å². The summed E-state index contributed by atoms with van der Waals surface area (Å²) in [5.41, 5.74) is 0.972. The van der Waals surface area contributed by atoms with Crippen LogP contribution in [0.1, 0.15) is 22.3 Å². The van der Waals surface area contributed by atoms with Gasteiger partial charge in [-0.25, -0.2) is 22.3 Å². The molecule has 1 fully saturated rings. The highest BCUT2D eigenvalue weighted by Gasteiger charge is 2.32. The van der Waals surface area contributed by atoms with E-state index in [9.17, 15) is 18.0 Å². The van der Waals surface area contributed by atoms with Crippen molar-refractivity contribution in [2.45, 2.75) is 19.0 Å². The third-order valence-corrected chi connectivity index (χ3v) is 5.38. The molecule has 9 heteroatoms. The summed E-state index contributed by atoms with van der Waals surface area (Å²) in [5.74, 6) is -0.998. The lowest BCUT2D eigenvalue weighted by atomic mass is 10.1. The maximum atomic E-state index is 12.2. The lowest BCUT2D eigenvalue weighted by Gasteiger charge is -2.25. The van der Waals surface area contributed by atoms with Gasteiger partial charge in [0, 0.05) is 32.7 Å². The molecule has 1 aliphatic rings. The number of hydrogen-bond donors (Lipinski definition) is 2. The number of nitrogens with zero attached hydrogens (tertiary/aromatic N) is 2. The molecule has 24 heavy (non-hydrogen) atoms. The van der Waals surface area contributed by atoms with Gasteiger partial charge in [-0.15, -0.1) is 0 Å². The summed E-state index contributed by atoms with van der Waals surface area (Å²) in [6, 6.07) is 5.80. The van der Waals surface area contributed by atoms with E-state index < -0.39 is 16.0 Å². The summed E-state index contributed by atoms with van der Waals surface area (Å²) in [7, 11) is -1.60. The average Bonchev–Trinajstić information content (AvgIpc) is 3.02. The van der Waals surface area contributed by atoms with E-state index in [4.69, 9.17) is 5.11 Å². The van der Waals surface area contributed by atoms with Gasteiger partial charge in [-0.1, -0.05) is 12.1 Å². The van der Waals surface area contributed by atoms with Crippen LogP contribution in [0.2, 0.25) is 0 Å². The summed E-state index contributed by atoms with van der Waals surface area (Å²) < 4.78 is 24.4. The smallest absolute Gasteiger partial charge is 0.335 e. The van der Waals surface area contributed by atoms with Crippen LogP contribution in [-0.2, 0) is 16.6 Å².